The number of hydrogen-bond acceptors (Lipinski definition) is 5. The van der Waals surface area contributed by atoms with E-state index in [1.165, 1.54) is 6.26 Å². The van der Waals surface area contributed by atoms with Gasteiger partial charge in [-0.05, 0) is 26.7 Å². The third kappa shape index (κ3) is 6.64. The van der Waals surface area contributed by atoms with Crippen LogP contribution < -0.4 is 5.32 Å². The topological polar surface area (TPSA) is 88.1 Å². The van der Waals surface area contributed by atoms with Gasteiger partial charge < -0.3 is 15.0 Å². The molecule has 0 aromatic heterocycles. The smallest absolute Gasteiger partial charge is 0.310 e. The van der Waals surface area contributed by atoms with Gasteiger partial charge in [0.1, 0.15) is 9.84 Å². The largest absolute Gasteiger partial charge is 0.466 e. The molecule has 1 unspecified atom stereocenters. The summed E-state index contributed by atoms with van der Waals surface area (Å²) in [6, 6.07) is 0. The van der Waals surface area contributed by atoms with Crippen molar-refractivity contribution in [3.05, 3.63) is 0 Å². The van der Waals surface area contributed by atoms with Gasteiger partial charge in [0.05, 0.1) is 24.8 Å². The molecular formula is C14H27N3O4S. The van der Waals surface area contributed by atoms with E-state index in [-0.39, 0.29) is 24.2 Å². The standard InChI is InChI=1S/C14H27N3O4S/c1-4-15-14(16-8-10-22(3,19)20)17-9-6-7-12(11-17)13(18)21-5-2/h12H,4-11H2,1-3H3,(H,15,16). The highest BCUT2D eigenvalue weighted by Crippen LogP contribution is 2.18. The Bertz CT molecular complexity index is 490. The number of ether oxygens (including phenoxy) is 1. The molecule has 1 atom stereocenters. The first-order chi connectivity index (χ1) is 10.4. The van der Waals surface area contributed by atoms with E-state index in [1.54, 1.807) is 6.92 Å². The Hall–Kier alpha value is -1.31. The van der Waals surface area contributed by atoms with Crippen molar-refractivity contribution in [1.82, 2.24) is 10.2 Å². The predicted molar refractivity (Wildman–Crippen MR) is 86.6 cm³/mol. The van der Waals surface area contributed by atoms with Crippen LogP contribution in [0.15, 0.2) is 4.99 Å². The lowest BCUT2D eigenvalue weighted by Crippen LogP contribution is -2.48. The Kier molecular flexibility index (Phi) is 7.64. The number of carbonyl (C=O) groups excluding carboxylic acids is 1. The molecule has 0 radical (unpaired) electrons. The van der Waals surface area contributed by atoms with Crippen molar-refractivity contribution in [3.63, 3.8) is 0 Å². The van der Waals surface area contributed by atoms with Crippen LogP contribution in [0.2, 0.25) is 0 Å². The van der Waals surface area contributed by atoms with Gasteiger partial charge in [-0.1, -0.05) is 0 Å². The summed E-state index contributed by atoms with van der Waals surface area (Å²) in [4.78, 5) is 18.3. The Labute approximate surface area is 133 Å². The zero-order chi connectivity index (χ0) is 16.6. The summed E-state index contributed by atoms with van der Waals surface area (Å²) in [5, 5.41) is 3.16. The van der Waals surface area contributed by atoms with E-state index in [2.05, 4.69) is 10.3 Å². The molecule has 1 N–H and O–H groups in total. The molecule has 0 aromatic carbocycles. The number of rotatable bonds is 6. The number of piperidine rings is 1. The van der Waals surface area contributed by atoms with E-state index in [4.69, 9.17) is 4.74 Å². The highest BCUT2D eigenvalue weighted by atomic mass is 32.2. The minimum atomic E-state index is -3.02. The molecule has 0 aromatic rings. The Morgan fingerprint density at radius 2 is 2.14 bits per heavy atom. The Morgan fingerprint density at radius 3 is 2.73 bits per heavy atom. The van der Waals surface area contributed by atoms with E-state index in [0.717, 1.165) is 19.4 Å². The van der Waals surface area contributed by atoms with Crippen molar-refractivity contribution < 1.29 is 17.9 Å². The van der Waals surface area contributed by atoms with Gasteiger partial charge in [0.15, 0.2) is 5.96 Å². The maximum Gasteiger partial charge on any atom is 0.310 e. The van der Waals surface area contributed by atoms with Crippen LogP contribution >= 0.6 is 0 Å². The molecular weight excluding hydrogens is 306 g/mol. The lowest BCUT2D eigenvalue weighted by atomic mass is 9.98. The summed E-state index contributed by atoms with van der Waals surface area (Å²) in [7, 11) is -3.02. The first-order valence-electron chi connectivity index (χ1n) is 7.75. The van der Waals surface area contributed by atoms with Crippen molar-refractivity contribution in [2.24, 2.45) is 10.9 Å². The van der Waals surface area contributed by atoms with E-state index in [0.29, 0.717) is 25.7 Å². The maximum atomic E-state index is 11.9. The number of carbonyl (C=O) groups is 1. The van der Waals surface area contributed by atoms with Crippen molar-refractivity contribution in [2.75, 3.05) is 44.8 Å². The normalized spacial score (nSPS) is 19.9. The summed E-state index contributed by atoms with van der Waals surface area (Å²) in [6.45, 7) is 6.43. The molecule has 1 heterocycles. The fraction of sp³-hybridized carbons (Fsp3) is 0.857. The van der Waals surface area contributed by atoms with Crippen LogP contribution in [0.5, 0.6) is 0 Å². The molecule has 1 aliphatic heterocycles. The van der Waals surface area contributed by atoms with Crippen molar-refractivity contribution >= 4 is 21.8 Å². The number of guanidine groups is 1. The second-order valence-corrected chi connectivity index (χ2v) is 7.66. The number of esters is 1. The number of sulfone groups is 1. The number of nitrogens with zero attached hydrogens (tertiary/aromatic N) is 2. The van der Waals surface area contributed by atoms with Crippen LogP contribution in [0.1, 0.15) is 26.7 Å². The first-order valence-corrected chi connectivity index (χ1v) is 9.81. The average Bonchev–Trinajstić information content (AvgIpc) is 2.45. The summed E-state index contributed by atoms with van der Waals surface area (Å²) >= 11 is 0. The minimum absolute atomic E-state index is 0.0248. The van der Waals surface area contributed by atoms with Crippen LogP contribution in [0.3, 0.4) is 0 Å². The van der Waals surface area contributed by atoms with Gasteiger partial charge >= 0.3 is 5.97 Å². The van der Waals surface area contributed by atoms with Crippen LogP contribution in [-0.2, 0) is 19.4 Å². The monoisotopic (exact) mass is 333 g/mol. The molecule has 128 valence electrons. The molecule has 0 amide bonds. The Morgan fingerprint density at radius 1 is 1.41 bits per heavy atom. The molecule has 7 nitrogen and oxygen atoms in total. The summed E-state index contributed by atoms with van der Waals surface area (Å²) < 4.78 is 27.5. The lowest BCUT2D eigenvalue weighted by molar-refractivity contribution is -0.149. The van der Waals surface area contributed by atoms with Gasteiger partial charge in [-0.15, -0.1) is 0 Å². The molecule has 0 saturated carbocycles. The minimum Gasteiger partial charge on any atom is -0.466 e. The molecule has 1 rings (SSSR count). The van der Waals surface area contributed by atoms with Crippen molar-refractivity contribution in [3.8, 4) is 0 Å². The van der Waals surface area contributed by atoms with E-state index < -0.39 is 9.84 Å². The molecule has 8 heteroatoms. The SMILES string of the molecule is CCNC(=NCCS(C)(=O)=O)N1CCCC(C(=O)OCC)C1. The summed E-state index contributed by atoms with van der Waals surface area (Å²) in [6.07, 6.45) is 2.91. The van der Waals surface area contributed by atoms with Crippen LogP contribution in [-0.4, -0.2) is 70.0 Å². The predicted octanol–water partition coefficient (Wildman–Crippen LogP) is 0.272. The van der Waals surface area contributed by atoms with E-state index in [1.807, 2.05) is 11.8 Å². The molecule has 1 saturated heterocycles. The molecule has 1 fully saturated rings. The molecule has 22 heavy (non-hydrogen) atoms. The third-order valence-electron chi connectivity index (χ3n) is 3.40. The van der Waals surface area contributed by atoms with Gasteiger partial charge in [0.2, 0.25) is 0 Å². The van der Waals surface area contributed by atoms with Gasteiger partial charge in [0, 0.05) is 25.9 Å². The van der Waals surface area contributed by atoms with Crippen LogP contribution in [0.4, 0.5) is 0 Å². The van der Waals surface area contributed by atoms with E-state index in [9.17, 15) is 13.2 Å². The van der Waals surface area contributed by atoms with Crippen LogP contribution in [0, 0.1) is 5.92 Å². The number of nitrogens with one attached hydrogen (secondary N) is 1. The molecule has 0 aliphatic carbocycles. The number of aliphatic imine (C=N–C) groups is 1. The Balaban J connectivity index is 2.69. The van der Waals surface area contributed by atoms with Crippen molar-refractivity contribution in [1.29, 1.82) is 0 Å². The van der Waals surface area contributed by atoms with Gasteiger partial charge in [-0.3, -0.25) is 9.79 Å². The highest BCUT2D eigenvalue weighted by Gasteiger charge is 2.28. The van der Waals surface area contributed by atoms with Gasteiger partial charge in [-0.2, -0.15) is 0 Å². The second kappa shape index (κ2) is 8.97. The lowest BCUT2D eigenvalue weighted by Gasteiger charge is -2.34. The zero-order valence-corrected chi connectivity index (χ0v) is 14.5. The van der Waals surface area contributed by atoms with Crippen molar-refractivity contribution in [2.45, 2.75) is 26.7 Å². The summed E-state index contributed by atoms with van der Waals surface area (Å²) in [5.74, 6) is 0.378. The highest BCUT2D eigenvalue weighted by molar-refractivity contribution is 7.90. The first kappa shape index (κ1) is 18.7. The fourth-order valence-electron chi connectivity index (χ4n) is 2.37. The fourth-order valence-corrected chi connectivity index (χ4v) is 2.79. The second-order valence-electron chi connectivity index (χ2n) is 5.40. The van der Waals surface area contributed by atoms with Gasteiger partial charge in [-0.25, -0.2) is 8.42 Å². The van der Waals surface area contributed by atoms with E-state index >= 15 is 0 Å². The maximum absolute atomic E-state index is 11.9. The van der Waals surface area contributed by atoms with Gasteiger partial charge in [0.25, 0.3) is 0 Å². The molecule has 0 spiro atoms. The molecule has 0 bridgehead atoms. The van der Waals surface area contributed by atoms with Crippen LogP contribution in [0.25, 0.3) is 0 Å². The number of hydrogen-bond donors (Lipinski definition) is 1. The average molecular weight is 333 g/mol. The number of likely N-dealkylation sites (tertiary alicyclic amines) is 1. The zero-order valence-electron chi connectivity index (χ0n) is 13.7. The summed E-state index contributed by atoms with van der Waals surface area (Å²) in [5.41, 5.74) is 0. The quantitative estimate of drug-likeness (QED) is 0.426. The molecule has 1 aliphatic rings. The third-order valence-corrected chi connectivity index (χ3v) is 4.32.